The van der Waals surface area contributed by atoms with Crippen molar-refractivity contribution in [1.82, 2.24) is 19.9 Å². The van der Waals surface area contributed by atoms with Crippen LogP contribution in [0, 0.1) is 13.8 Å². The minimum atomic E-state index is -0.179. The zero-order valence-electron chi connectivity index (χ0n) is 13.3. The molecule has 3 rings (SSSR count). The Morgan fingerprint density at radius 3 is 2.91 bits per heavy atom. The van der Waals surface area contributed by atoms with E-state index in [0.29, 0.717) is 47.7 Å². The van der Waals surface area contributed by atoms with Crippen LogP contribution in [0.25, 0.3) is 0 Å². The van der Waals surface area contributed by atoms with E-state index < -0.39 is 0 Å². The van der Waals surface area contributed by atoms with Crippen LogP contribution >= 0.6 is 0 Å². The highest BCUT2D eigenvalue weighted by Gasteiger charge is 2.23. The number of aryl methyl sites for hydroxylation is 2. The second-order valence-electron chi connectivity index (χ2n) is 5.89. The zero-order chi connectivity index (χ0) is 16.6. The Hall–Kier alpha value is -2.25. The number of aromatic hydroxyl groups is 1. The van der Waals surface area contributed by atoms with Gasteiger partial charge in [-0.15, -0.1) is 0 Å². The maximum Gasteiger partial charge on any atom is 0.255 e. The van der Waals surface area contributed by atoms with E-state index in [4.69, 9.17) is 0 Å². The normalized spacial score (nSPS) is 14.7. The molecule has 0 aromatic carbocycles. The third-order valence-corrected chi connectivity index (χ3v) is 4.25. The van der Waals surface area contributed by atoms with Crippen molar-refractivity contribution in [1.29, 1.82) is 0 Å². The summed E-state index contributed by atoms with van der Waals surface area (Å²) in [6.45, 7) is 5.00. The van der Waals surface area contributed by atoms with Crippen molar-refractivity contribution >= 4 is 0 Å². The first kappa shape index (κ1) is 15.6. The lowest BCUT2D eigenvalue weighted by Crippen LogP contribution is -2.35. The number of aliphatic hydroxyl groups excluding tert-OH is 1. The number of nitrogens with zero attached hydrogens (tertiary/aromatic N) is 3. The number of aromatic nitrogens is 3. The van der Waals surface area contributed by atoms with E-state index in [1.165, 1.54) is 0 Å². The van der Waals surface area contributed by atoms with Gasteiger partial charge in [0.15, 0.2) is 0 Å². The van der Waals surface area contributed by atoms with Crippen LogP contribution < -0.4 is 5.56 Å². The fourth-order valence-corrected chi connectivity index (χ4v) is 2.96. The summed E-state index contributed by atoms with van der Waals surface area (Å²) in [6.07, 6.45) is 2.28. The maximum absolute atomic E-state index is 12.1. The lowest BCUT2D eigenvalue weighted by Gasteiger charge is -2.28. The molecule has 7 heteroatoms. The molecule has 0 amide bonds. The van der Waals surface area contributed by atoms with E-state index in [1.54, 1.807) is 20.0 Å². The molecule has 0 atom stereocenters. The van der Waals surface area contributed by atoms with E-state index in [1.807, 2.05) is 0 Å². The molecule has 0 fully saturated rings. The second-order valence-corrected chi connectivity index (χ2v) is 5.89. The highest BCUT2D eigenvalue weighted by Crippen LogP contribution is 2.27. The summed E-state index contributed by atoms with van der Waals surface area (Å²) in [7, 11) is 0. The molecule has 23 heavy (non-hydrogen) atoms. The Morgan fingerprint density at radius 1 is 1.39 bits per heavy atom. The number of aromatic amines is 1. The summed E-state index contributed by atoms with van der Waals surface area (Å²) in [5, 5.41) is 19.7. The molecule has 0 aliphatic carbocycles. The van der Waals surface area contributed by atoms with Crippen molar-refractivity contribution in [2.24, 2.45) is 0 Å². The van der Waals surface area contributed by atoms with Crippen molar-refractivity contribution in [3.8, 4) is 5.75 Å². The molecule has 2 aromatic rings. The fraction of sp³-hybridized carbons (Fsp3) is 0.438. The third-order valence-electron chi connectivity index (χ3n) is 4.25. The SMILES string of the molecule is Cc1nc2c(c(=O)[nH]1)CN(Cc1c(CO)cnc(C)c1O)CC2. The molecule has 7 nitrogen and oxygen atoms in total. The topological polar surface area (TPSA) is 102 Å². The minimum absolute atomic E-state index is 0.102. The summed E-state index contributed by atoms with van der Waals surface area (Å²) >= 11 is 0. The van der Waals surface area contributed by atoms with Crippen molar-refractivity contribution in [3.05, 3.63) is 50.5 Å². The summed E-state index contributed by atoms with van der Waals surface area (Å²) in [5.74, 6) is 0.741. The molecule has 0 unspecified atom stereocenters. The van der Waals surface area contributed by atoms with Gasteiger partial charge >= 0.3 is 0 Å². The smallest absolute Gasteiger partial charge is 0.255 e. The van der Waals surface area contributed by atoms with Crippen molar-refractivity contribution in [2.45, 2.75) is 40.0 Å². The van der Waals surface area contributed by atoms with Gasteiger partial charge in [-0.05, 0) is 13.8 Å². The van der Waals surface area contributed by atoms with Crippen LogP contribution in [0.2, 0.25) is 0 Å². The Balaban J connectivity index is 1.89. The first-order valence-electron chi connectivity index (χ1n) is 7.57. The van der Waals surface area contributed by atoms with Gasteiger partial charge in [0.2, 0.25) is 0 Å². The molecule has 0 spiro atoms. The van der Waals surface area contributed by atoms with Crippen molar-refractivity contribution in [3.63, 3.8) is 0 Å². The number of nitrogens with one attached hydrogen (secondary N) is 1. The van der Waals surface area contributed by atoms with Crippen LogP contribution in [0.15, 0.2) is 11.0 Å². The van der Waals surface area contributed by atoms with Crippen molar-refractivity contribution in [2.75, 3.05) is 6.54 Å². The largest absolute Gasteiger partial charge is 0.506 e. The van der Waals surface area contributed by atoms with E-state index in [9.17, 15) is 15.0 Å². The van der Waals surface area contributed by atoms with Gasteiger partial charge in [-0.25, -0.2) is 4.98 Å². The summed E-state index contributed by atoms with van der Waals surface area (Å²) < 4.78 is 0. The van der Waals surface area contributed by atoms with Crippen LogP contribution in [0.4, 0.5) is 0 Å². The molecule has 1 aliphatic heterocycles. The van der Waals surface area contributed by atoms with Gasteiger partial charge < -0.3 is 15.2 Å². The van der Waals surface area contributed by atoms with E-state index >= 15 is 0 Å². The fourth-order valence-electron chi connectivity index (χ4n) is 2.96. The highest BCUT2D eigenvalue weighted by molar-refractivity contribution is 5.40. The molecule has 122 valence electrons. The van der Waals surface area contributed by atoms with Crippen molar-refractivity contribution < 1.29 is 10.2 Å². The van der Waals surface area contributed by atoms with E-state index in [0.717, 1.165) is 12.2 Å². The Bertz CT molecular complexity index is 801. The van der Waals surface area contributed by atoms with Crippen LogP contribution in [-0.2, 0) is 26.1 Å². The number of H-pyrrole nitrogens is 1. The quantitative estimate of drug-likeness (QED) is 0.764. The van der Waals surface area contributed by atoms with E-state index in [2.05, 4.69) is 19.9 Å². The van der Waals surface area contributed by atoms with Gasteiger partial charge in [-0.1, -0.05) is 0 Å². The molecule has 0 radical (unpaired) electrons. The van der Waals surface area contributed by atoms with Gasteiger partial charge in [0.1, 0.15) is 11.6 Å². The zero-order valence-corrected chi connectivity index (χ0v) is 13.3. The highest BCUT2D eigenvalue weighted by atomic mass is 16.3. The number of aliphatic hydroxyl groups is 1. The predicted octanol–water partition coefficient (Wildman–Crippen LogP) is 0.538. The molecule has 1 aliphatic rings. The van der Waals surface area contributed by atoms with E-state index in [-0.39, 0.29) is 17.9 Å². The molecule has 3 N–H and O–H groups in total. The van der Waals surface area contributed by atoms with Crippen LogP contribution in [-0.4, -0.2) is 36.6 Å². The first-order chi connectivity index (χ1) is 11.0. The van der Waals surface area contributed by atoms with Gasteiger partial charge in [-0.3, -0.25) is 14.7 Å². The lowest BCUT2D eigenvalue weighted by atomic mass is 10.0. The third kappa shape index (κ3) is 2.97. The number of hydrogen-bond donors (Lipinski definition) is 3. The van der Waals surface area contributed by atoms with Gasteiger partial charge in [0.25, 0.3) is 5.56 Å². The average molecular weight is 316 g/mol. The monoisotopic (exact) mass is 316 g/mol. The summed E-state index contributed by atoms with van der Waals surface area (Å²) in [5.41, 5.74) is 3.23. The lowest BCUT2D eigenvalue weighted by molar-refractivity contribution is 0.231. The summed E-state index contributed by atoms with van der Waals surface area (Å²) in [4.78, 5) is 25.4. The van der Waals surface area contributed by atoms with Crippen LogP contribution in [0.3, 0.4) is 0 Å². The molecule has 3 heterocycles. The maximum atomic E-state index is 12.1. The molecule has 0 bridgehead atoms. The average Bonchev–Trinajstić information content (AvgIpc) is 2.52. The number of hydrogen-bond acceptors (Lipinski definition) is 6. The number of fused-ring (bicyclic) bond motifs is 1. The minimum Gasteiger partial charge on any atom is -0.506 e. The molecule has 0 saturated carbocycles. The van der Waals surface area contributed by atoms with Gasteiger partial charge in [0.05, 0.1) is 23.6 Å². The number of pyridine rings is 1. The predicted molar refractivity (Wildman–Crippen MR) is 84.0 cm³/mol. The Morgan fingerprint density at radius 2 is 2.17 bits per heavy atom. The van der Waals surface area contributed by atoms with Crippen LogP contribution in [0.5, 0.6) is 5.75 Å². The molecular weight excluding hydrogens is 296 g/mol. The standard InChI is InChI=1S/C16H20N4O3/c1-9-15(22)12(11(8-21)5-17-9)6-20-4-3-14-13(7-20)16(23)19-10(2)18-14/h5,21-22H,3-4,6-8H2,1-2H3,(H,18,19,23). The Kier molecular flexibility index (Phi) is 4.14. The van der Waals surface area contributed by atoms with Gasteiger partial charge in [-0.2, -0.15) is 0 Å². The summed E-state index contributed by atoms with van der Waals surface area (Å²) in [6, 6.07) is 0. The first-order valence-corrected chi connectivity index (χ1v) is 7.57. The second kappa shape index (κ2) is 6.10. The molecular formula is C16H20N4O3. The molecule has 0 saturated heterocycles. The Labute approximate surface area is 133 Å². The van der Waals surface area contributed by atoms with Gasteiger partial charge in [0, 0.05) is 43.4 Å². The number of rotatable bonds is 3. The molecule has 2 aromatic heterocycles. The van der Waals surface area contributed by atoms with Crippen LogP contribution in [0.1, 0.15) is 33.9 Å².